The third-order valence-corrected chi connectivity index (χ3v) is 5.27. The average molecular weight is 246 g/mol. The highest BCUT2D eigenvalue weighted by atomic mass is 16.3. The van der Waals surface area contributed by atoms with E-state index in [1.54, 1.807) is 0 Å². The lowest BCUT2D eigenvalue weighted by molar-refractivity contribution is 0.0614. The third kappa shape index (κ3) is 2.30. The van der Waals surface area contributed by atoms with Crippen molar-refractivity contribution < 1.29 is 5.11 Å². The Bertz CT molecular complexity index is 355. The largest absolute Gasteiger partial charge is 0.388 e. The Morgan fingerprint density at radius 2 is 1.72 bits per heavy atom. The van der Waals surface area contributed by atoms with Crippen LogP contribution < -0.4 is 0 Å². The summed E-state index contributed by atoms with van der Waals surface area (Å²) >= 11 is 0. The molecule has 3 atom stereocenters. The Kier molecular flexibility index (Phi) is 3.61. The van der Waals surface area contributed by atoms with Crippen LogP contribution in [0.3, 0.4) is 0 Å². The summed E-state index contributed by atoms with van der Waals surface area (Å²) in [6.07, 6.45) is 20.0. The Balaban J connectivity index is 1.74. The van der Waals surface area contributed by atoms with Crippen LogP contribution in [0.1, 0.15) is 64.2 Å². The Hall–Kier alpha value is -0.560. The van der Waals surface area contributed by atoms with Gasteiger partial charge in [0.1, 0.15) is 0 Å². The van der Waals surface area contributed by atoms with Crippen molar-refractivity contribution >= 4 is 0 Å². The molecule has 18 heavy (non-hydrogen) atoms. The molecule has 0 heterocycles. The molecule has 1 unspecified atom stereocenters. The monoisotopic (exact) mass is 246 g/mol. The van der Waals surface area contributed by atoms with Gasteiger partial charge in [-0.1, -0.05) is 62.3 Å². The van der Waals surface area contributed by atoms with Crippen LogP contribution >= 0.6 is 0 Å². The molecule has 1 fully saturated rings. The first-order chi connectivity index (χ1) is 8.80. The summed E-state index contributed by atoms with van der Waals surface area (Å²) in [5.41, 5.74) is 1.87. The zero-order valence-corrected chi connectivity index (χ0v) is 11.4. The van der Waals surface area contributed by atoms with Crippen LogP contribution in [0.15, 0.2) is 23.8 Å². The van der Waals surface area contributed by atoms with Crippen molar-refractivity contribution in [3.63, 3.8) is 0 Å². The molecule has 2 bridgehead atoms. The second kappa shape index (κ2) is 5.21. The van der Waals surface area contributed by atoms with Crippen LogP contribution in [-0.4, -0.2) is 11.2 Å². The van der Waals surface area contributed by atoms with E-state index < -0.39 is 0 Å². The fourth-order valence-corrected chi connectivity index (χ4v) is 4.14. The highest BCUT2D eigenvalue weighted by molar-refractivity contribution is 5.31. The highest BCUT2D eigenvalue weighted by Gasteiger charge is 2.46. The Morgan fingerprint density at radius 1 is 1.00 bits per heavy atom. The quantitative estimate of drug-likeness (QED) is 0.629. The molecule has 0 aromatic rings. The summed E-state index contributed by atoms with van der Waals surface area (Å²) in [4.78, 5) is 0. The van der Waals surface area contributed by atoms with E-state index in [2.05, 4.69) is 18.2 Å². The van der Waals surface area contributed by atoms with Gasteiger partial charge in [0.15, 0.2) is 0 Å². The van der Waals surface area contributed by atoms with Crippen molar-refractivity contribution in [3.8, 4) is 0 Å². The van der Waals surface area contributed by atoms with Gasteiger partial charge in [0.05, 0.1) is 6.10 Å². The van der Waals surface area contributed by atoms with E-state index in [9.17, 15) is 5.11 Å². The number of aliphatic hydroxyl groups is 1. The molecule has 3 aliphatic rings. The number of hydrogen-bond donors (Lipinski definition) is 1. The molecule has 1 saturated carbocycles. The van der Waals surface area contributed by atoms with Crippen LogP contribution in [0.4, 0.5) is 0 Å². The van der Waals surface area contributed by atoms with Crippen LogP contribution in [0.2, 0.25) is 0 Å². The molecular weight excluding hydrogens is 220 g/mol. The summed E-state index contributed by atoms with van der Waals surface area (Å²) in [6, 6.07) is 0. The fourth-order valence-electron chi connectivity index (χ4n) is 4.14. The number of aliphatic hydroxyl groups excluding tert-OH is 1. The maximum absolute atomic E-state index is 10.3. The molecule has 1 spiro atoms. The topological polar surface area (TPSA) is 20.2 Å². The van der Waals surface area contributed by atoms with E-state index in [0.29, 0.717) is 11.3 Å². The number of fused-ring (bicyclic) bond motifs is 1. The molecule has 3 rings (SSSR count). The van der Waals surface area contributed by atoms with Crippen LogP contribution in [0, 0.1) is 11.3 Å². The van der Waals surface area contributed by atoms with Crippen molar-refractivity contribution in [3.05, 3.63) is 23.8 Å². The molecule has 0 aromatic heterocycles. The molecule has 1 nitrogen and oxygen atoms in total. The first-order valence-electron chi connectivity index (χ1n) is 7.87. The molecule has 3 aliphatic carbocycles. The van der Waals surface area contributed by atoms with Gasteiger partial charge >= 0.3 is 0 Å². The van der Waals surface area contributed by atoms with Gasteiger partial charge in [-0.2, -0.15) is 0 Å². The zero-order valence-electron chi connectivity index (χ0n) is 11.4. The summed E-state index contributed by atoms with van der Waals surface area (Å²) in [6.45, 7) is 0. The van der Waals surface area contributed by atoms with E-state index in [1.165, 1.54) is 69.8 Å². The maximum Gasteiger partial charge on any atom is 0.0794 e. The van der Waals surface area contributed by atoms with Gasteiger partial charge in [0.25, 0.3) is 0 Å². The standard InChI is InChI=1S/C17H26O/c18-16-12-14-8-6-4-2-1-3-5-7-10-17(13-14)11-9-15(16)17/h9,11-12,15-16,18H,1-8,10,13H2/t15-,16-,17?/m0/s1. The molecule has 1 heteroatoms. The third-order valence-electron chi connectivity index (χ3n) is 5.27. The molecule has 0 saturated heterocycles. The SMILES string of the molecule is O[C@H]1C=C2CCCCCCCCCC3(C=C[C@@H]13)C2. The normalized spacial score (nSPS) is 40.8. The van der Waals surface area contributed by atoms with Gasteiger partial charge in [-0.3, -0.25) is 0 Å². The Morgan fingerprint density at radius 3 is 2.44 bits per heavy atom. The van der Waals surface area contributed by atoms with E-state index in [1.807, 2.05) is 0 Å². The van der Waals surface area contributed by atoms with Crippen molar-refractivity contribution in [1.29, 1.82) is 0 Å². The van der Waals surface area contributed by atoms with E-state index in [-0.39, 0.29) is 6.10 Å². The second-order valence-corrected chi connectivity index (χ2v) is 6.59. The summed E-state index contributed by atoms with van der Waals surface area (Å²) in [5, 5.41) is 10.3. The van der Waals surface area contributed by atoms with Crippen LogP contribution in [0.5, 0.6) is 0 Å². The first-order valence-corrected chi connectivity index (χ1v) is 7.87. The minimum Gasteiger partial charge on any atom is -0.388 e. The predicted octanol–water partition coefficient (Wildman–Crippen LogP) is 4.37. The summed E-state index contributed by atoms with van der Waals surface area (Å²) in [7, 11) is 0. The molecule has 1 N–H and O–H groups in total. The lowest BCUT2D eigenvalue weighted by Crippen LogP contribution is -2.44. The molecule has 0 amide bonds. The minimum atomic E-state index is -0.207. The zero-order chi connectivity index (χ0) is 12.4. The van der Waals surface area contributed by atoms with Crippen LogP contribution in [-0.2, 0) is 0 Å². The Labute approximate surface area is 111 Å². The lowest BCUT2D eigenvalue weighted by atomic mass is 9.56. The summed E-state index contributed by atoms with van der Waals surface area (Å²) in [5.74, 6) is 0.421. The van der Waals surface area contributed by atoms with Crippen LogP contribution in [0.25, 0.3) is 0 Å². The number of rotatable bonds is 0. The van der Waals surface area contributed by atoms with E-state index in [4.69, 9.17) is 0 Å². The van der Waals surface area contributed by atoms with Gasteiger partial charge in [0.2, 0.25) is 0 Å². The molecule has 100 valence electrons. The van der Waals surface area contributed by atoms with E-state index in [0.717, 1.165) is 0 Å². The first kappa shape index (κ1) is 12.5. The molecular formula is C17H26O. The smallest absolute Gasteiger partial charge is 0.0794 e. The fraction of sp³-hybridized carbons (Fsp3) is 0.765. The van der Waals surface area contributed by atoms with E-state index >= 15 is 0 Å². The number of allylic oxidation sites excluding steroid dienone is 2. The molecule has 0 aliphatic heterocycles. The van der Waals surface area contributed by atoms with Crippen molar-refractivity contribution in [2.24, 2.45) is 11.3 Å². The second-order valence-electron chi connectivity index (χ2n) is 6.59. The van der Waals surface area contributed by atoms with Gasteiger partial charge in [0, 0.05) is 11.3 Å². The lowest BCUT2D eigenvalue weighted by Gasteiger charge is -2.49. The van der Waals surface area contributed by atoms with Gasteiger partial charge in [-0.25, -0.2) is 0 Å². The minimum absolute atomic E-state index is 0.207. The molecule has 0 aromatic carbocycles. The van der Waals surface area contributed by atoms with Gasteiger partial charge in [-0.15, -0.1) is 0 Å². The summed E-state index contributed by atoms with van der Waals surface area (Å²) < 4.78 is 0. The van der Waals surface area contributed by atoms with Crippen molar-refractivity contribution in [1.82, 2.24) is 0 Å². The average Bonchev–Trinajstić information content (AvgIpc) is 2.29. The van der Waals surface area contributed by atoms with Gasteiger partial charge in [-0.05, 0) is 25.7 Å². The predicted molar refractivity (Wildman–Crippen MR) is 75.3 cm³/mol. The van der Waals surface area contributed by atoms with Gasteiger partial charge < -0.3 is 5.11 Å². The maximum atomic E-state index is 10.3. The highest BCUT2D eigenvalue weighted by Crippen LogP contribution is 2.53. The molecule has 0 radical (unpaired) electrons. The van der Waals surface area contributed by atoms with Crippen molar-refractivity contribution in [2.75, 3.05) is 0 Å². The van der Waals surface area contributed by atoms with Crippen molar-refractivity contribution in [2.45, 2.75) is 70.3 Å². The number of hydrogen-bond acceptors (Lipinski definition) is 1.